The van der Waals surface area contributed by atoms with Gasteiger partial charge in [0.2, 0.25) is 5.24 Å². The first-order valence-corrected chi connectivity index (χ1v) is 4.74. The van der Waals surface area contributed by atoms with E-state index in [9.17, 15) is 4.79 Å². The van der Waals surface area contributed by atoms with Crippen molar-refractivity contribution >= 4 is 28.4 Å². The molecule has 0 N–H and O–H groups in total. The van der Waals surface area contributed by atoms with Gasteiger partial charge in [0.05, 0.1) is 5.92 Å². The quantitative estimate of drug-likeness (QED) is 0.692. The highest BCUT2D eigenvalue weighted by atomic mass is 35.5. The standard InChI is InChI=1S/C10H10Cl2O/c1-6-8(7(2)10(12)13)4-3-5-9(6)11/h3-5,7H,1-2H3. The highest BCUT2D eigenvalue weighted by Gasteiger charge is 2.15. The van der Waals surface area contributed by atoms with Crippen LogP contribution in [0, 0.1) is 6.92 Å². The molecule has 0 radical (unpaired) electrons. The van der Waals surface area contributed by atoms with Crippen molar-refractivity contribution in [2.24, 2.45) is 0 Å². The van der Waals surface area contributed by atoms with E-state index in [4.69, 9.17) is 23.2 Å². The molecule has 0 saturated carbocycles. The molecule has 70 valence electrons. The van der Waals surface area contributed by atoms with E-state index in [1.807, 2.05) is 19.1 Å². The van der Waals surface area contributed by atoms with E-state index >= 15 is 0 Å². The van der Waals surface area contributed by atoms with Gasteiger partial charge in [0, 0.05) is 5.02 Å². The van der Waals surface area contributed by atoms with Gasteiger partial charge in [-0.15, -0.1) is 0 Å². The lowest BCUT2D eigenvalue weighted by Gasteiger charge is -2.10. The zero-order valence-corrected chi connectivity index (χ0v) is 8.99. The minimum absolute atomic E-state index is 0.291. The summed E-state index contributed by atoms with van der Waals surface area (Å²) in [6.45, 7) is 3.65. The molecule has 3 heteroatoms. The Morgan fingerprint density at radius 3 is 2.62 bits per heavy atom. The SMILES string of the molecule is Cc1c(Cl)cccc1C(C)C(=O)Cl. The molecule has 0 bridgehead atoms. The Balaban J connectivity index is 3.15. The molecule has 0 amide bonds. The molecule has 0 heterocycles. The molecule has 0 aromatic heterocycles. The van der Waals surface area contributed by atoms with Gasteiger partial charge < -0.3 is 0 Å². The van der Waals surface area contributed by atoms with Crippen LogP contribution in [0.25, 0.3) is 0 Å². The third-order valence-corrected chi connectivity index (χ3v) is 2.85. The Morgan fingerprint density at radius 1 is 1.46 bits per heavy atom. The summed E-state index contributed by atoms with van der Waals surface area (Å²) < 4.78 is 0. The lowest BCUT2D eigenvalue weighted by molar-refractivity contribution is -0.112. The number of hydrogen-bond acceptors (Lipinski definition) is 1. The molecule has 0 fully saturated rings. The molecule has 0 saturated heterocycles. The summed E-state index contributed by atoms with van der Waals surface area (Å²) in [5.41, 5.74) is 1.82. The highest BCUT2D eigenvalue weighted by Crippen LogP contribution is 2.26. The van der Waals surface area contributed by atoms with Gasteiger partial charge in [0.15, 0.2) is 0 Å². The smallest absolute Gasteiger partial charge is 0.228 e. The zero-order valence-electron chi connectivity index (χ0n) is 7.47. The van der Waals surface area contributed by atoms with Gasteiger partial charge in [-0.05, 0) is 35.7 Å². The average Bonchev–Trinajstić information content (AvgIpc) is 2.08. The lowest BCUT2D eigenvalue weighted by atomic mass is 9.98. The van der Waals surface area contributed by atoms with Crippen LogP contribution >= 0.6 is 23.2 Å². The number of carbonyl (C=O) groups excluding carboxylic acids is 1. The molecule has 1 rings (SSSR count). The van der Waals surface area contributed by atoms with Crippen LogP contribution < -0.4 is 0 Å². The third-order valence-electron chi connectivity index (χ3n) is 2.12. The molecule has 0 spiro atoms. The largest absolute Gasteiger partial charge is 0.281 e. The molecular formula is C10H10Cl2O. The van der Waals surface area contributed by atoms with Crippen molar-refractivity contribution in [1.29, 1.82) is 0 Å². The molecule has 1 aromatic carbocycles. The van der Waals surface area contributed by atoms with E-state index in [2.05, 4.69) is 0 Å². The summed E-state index contributed by atoms with van der Waals surface area (Å²) >= 11 is 11.3. The fourth-order valence-corrected chi connectivity index (χ4v) is 1.51. The number of carbonyl (C=O) groups is 1. The molecule has 0 aliphatic carbocycles. The number of halogens is 2. The minimum atomic E-state index is -0.356. The molecule has 1 unspecified atom stereocenters. The predicted molar refractivity (Wildman–Crippen MR) is 55.5 cm³/mol. The van der Waals surface area contributed by atoms with Crippen LogP contribution in [-0.4, -0.2) is 5.24 Å². The predicted octanol–water partition coefficient (Wildman–Crippen LogP) is 3.52. The number of hydrogen-bond donors (Lipinski definition) is 0. The van der Waals surface area contributed by atoms with Gasteiger partial charge >= 0.3 is 0 Å². The number of rotatable bonds is 2. The Kier molecular flexibility index (Phi) is 3.34. The van der Waals surface area contributed by atoms with E-state index in [1.54, 1.807) is 13.0 Å². The summed E-state index contributed by atoms with van der Waals surface area (Å²) in [5, 5.41) is 0.313. The molecule has 0 aliphatic heterocycles. The Bertz CT molecular complexity index is 334. The first-order chi connectivity index (χ1) is 6.04. The molecule has 13 heavy (non-hydrogen) atoms. The maximum absolute atomic E-state index is 10.9. The highest BCUT2D eigenvalue weighted by molar-refractivity contribution is 6.64. The normalized spacial score (nSPS) is 12.6. The summed E-state index contributed by atoms with van der Waals surface area (Å²) in [7, 11) is 0. The van der Waals surface area contributed by atoms with Crippen molar-refractivity contribution in [3.63, 3.8) is 0 Å². The van der Waals surface area contributed by atoms with Gasteiger partial charge in [0.1, 0.15) is 0 Å². The van der Waals surface area contributed by atoms with E-state index in [0.717, 1.165) is 11.1 Å². The molecule has 0 aliphatic rings. The van der Waals surface area contributed by atoms with E-state index < -0.39 is 0 Å². The third kappa shape index (κ3) is 2.23. The van der Waals surface area contributed by atoms with Gasteiger partial charge in [-0.1, -0.05) is 30.7 Å². The van der Waals surface area contributed by atoms with E-state index in [1.165, 1.54) is 0 Å². The maximum atomic E-state index is 10.9. The zero-order chi connectivity index (χ0) is 10.0. The van der Waals surface area contributed by atoms with Gasteiger partial charge in [-0.2, -0.15) is 0 Å². The first-order valence-electron chi connectivity index (χ1n) is 3.98. The van der Waals surface area contributed by atoms with Crippen LogP contribution in [0.5, 0.6) is 0 Å². The van der Waals surface area contributed by atoms with Crippen molar-refractivity contribution in [2.45, 2.75) is 19.8 Å². The van der Waals surface area contributed by atoms with Crippen molar-refractivity contribution in [1.82, 2.24) is 0 Å². The van der Waals surface area contributed by atoms with Gasteiger partial charge in [0.25, 0.3) is 0 Å². The van der Waals surface area contributed by atoms with Crippen LogP contribution in [0.15, 0.2) is 18.2 Å². The lowest BCUT2D eigenvalue weighted by Crippen LogP contribution is -2.03. The topological polar surface area (TPSA) is 17.1 Å². The Labute approximate surface area is 87.7 Å². The number of benzene rings is 1. The Morgan fingerprint density at radius 2 is 2.08 bits per heavy atom. The first kappa shape index (κ1) is 10.6. The van der Waals surface area contributed by atoms with Crippen molar-refractivity contribution < 1.29 is 4.79 Å². The molecule has 1 nitrogen and oxygen atoms in total. The summed E-state index contributed by atoms with van der Waals surface area (Å²) in [6.07, 6.45) is 0. The molecular weight excluding hydrogens is 207 g/mol. The van der Waals surface area contributed by atoms with Crippen LogP contribution in [-0.2, 0) is 4.79 Å². The van der Waals surface area contributed by atoms with Crippen molar-refractivity contribution in [3.05, 3.63) is 34.3 Å². The molecule has 1 aromatic rings. The summed E-state index contributed by atoms with van der Waals surface area (Å²) in [4.78, 5) is 10.9. The van der Waals surface area contributed by atoms with Crippen LogP contribution in [0.2, 0.25) is 5.02 Å². The van der Waals surface area contributed by atoms with E-state index in [0.29, 0.717) is 5.02 Å². The van der Waals surface area contributed by atoms with Gasteiger partial charge in [-0.3, -0.25) is 4.79 Å². The second-order valence-electron chi connectivity index (χ2n) is 2.98. The monoisotopic (exact) mass is 216 g/mol. The fourth-order valence-electron chi connectivity index (χ4n) is 1.22. The fraction of sp³-hybridized carbons (Fsp3) is 0.300. The minimum Gasteiger partial charge on any atom is -0.281 e. The van der Waals surface area contributed by atoms with Gasteiger partial charge in [-0.25, -0.2) is 0 Å². The van der Waals surface area contributed by atoms with Crippen LogP contribution in [0.1, 0.15) is 24.0 Å². The van der Waals surface area contributed by atoms with Crippen molar-refractivity contribution in [3.8, 4) is 0 Å². The second kappa shape index (κ2) is 4.12. The van der Waals surface area contributed by atoms with Crippen LogP contribution in [0.3, 0.4) is 0 Å². The maximum Gasteiger partial charge on any atom is 0.228 e. The van der Waals surface area contributed by atoms with Crippen molar-refractivity contribution in [2.75, 3.05) is 0 Å². The second-order valence-corrected chi connectivity index (χ2v) is 3.76. The Hall–Kier alpha value is -0.530. The summed E-state index contributed by atoms with van der Waals surface area (Å²) in [6, 6.07) is 5.49. The van der Waals surface area contributed by atoms with E-state index in [-0.39, 0.29) is 11.2 Å². The van der Waals surface area contributed by atoms with Crippen LogP contribution in [0.4, 0.5) is 0 Å². The summed E-state index contributed by atoms with van der Waals surface area (Å²) in [5.74, 6) is -0.291. The molecule has 1 atom stereocenters. The average molecular weight is 217 g/mol.